The summed E-state index contributed by atoms with van der Waals surface area (Å²) in [5.74, 6) is 3.63. The lowest BCUT2D eigenvalue weighted by atomic mass is 9.78. The zero-order valence-electron chi connectivity index (χ0n) is 19.9. The molecule has 184 valence electrons. The van der Waals surface area contributed by atoms with E-state index >= 15 is 0 Å². The van der Waals surface area contributed by atoms with Crippen LogP contribution in [0.25, 0.3) is 10.1 Å². The maximum Gasteiger partial charge on any atom is 0.251 e. The van der Waals surface area contributed by atoms with Crippen molar-refractivity contribution in [3.05, 3.63) is 48.0 Å². The van der Waals surface area contributed by atoms with Crippen LogP contribution in [-0.2, 0) is 0 Å². The van der Waals surface area contributed by atoms with Crippen molar-refractivity contribution in [1.29, 1.82) is 0 Å². The van der Waals surface area contributed by atoms with Gasteiger partial charge in [0.2, 0.25) is 6.79 Å². The second-order valence-corrected chi connectivity index (χ2v) is 10.7. The van der Waals surface area contributed by atoms with E-state index in [1.807, 2.05) is 12.1 Å². The van der Waals surface area contributed by atoms with Gasteiger partial charge in [0.25, 0.3) is 5.91 Å². The molecule has 2 atom stereocenters. The molecule has 1 aromatic heterocycles. The summed E-state index contributed by atoms with van der Waals surface area (Å²) in [6.45, 7) is 6.26. The Morgan fingerprint density at radius 3 is 2.69 bits per heavy atom. The normalized spacial score (nSPS) is 22.5. The first kappa shape index (κ1) is 22.6. The van der Waals surface area contributed by atoms with Gasteiger partial charge in [0.05, 0.1) is 4.70 Å². The Bertz CT molecular complexity index is 1190. The topological polar surface area (TPSA) is 66.9 Å². The summed E-state index contributed by atoms with van der Waals surface area (Å²) >= 11 is 1.60. The van der Waals surface area contributed by atoms with Gasteiger partial charge in [0.1, 0.15) is 5.82 Å². The molecule has 0 unspecified atom stereocenters. The first-order chi connectivity index (χ1) is 17.2. The number of rotatable bonds is 6. The molecule has 2 aliphatic heterocycles. The fourth-order valence-electron chi connectivity index (χ4n) is 5.73. The number of hydrogen-bond donors (Lipinski definition) is 1. The zero-order chi connectivity index (χ0) is 23.6. The van der Waals surface area contributed by atoms with Gasteiger partial charge in [-0.25, -0.2) is 0 Å². The highest BCUT2D eigenvalue weighted by molar-refractivity contribution is 7.13. The molecule has 8 heteroatoms. The molecule has 2 aromatic carbocycles. The lowest BCUT2D eigenvalue weighted by Crippen LogP contribution is -2.49. The fourth-order valence-corrected chi connectivity index (χ4v) is 6.53. The van der Waals surface area contributed by atoms with E-state index in [4.69, 9.17) is 13.8 Å². The Morgan fingerprint density at radius 2 is 1.80 bits per heavy atom. The van der Waals surface area contributed by atoms with Gasteiger partial charge in [-0.3, -0.25) is 9.69 Å². The summed E-state index contributed by atoms with van der Waals surface area (Å²) in [7, 11) is 0. The Labute approximate surface area is 210 Å². The summed E-state index contributed by atoms with van der Waals surface area (Å²) in [4.78, 5) is 17.9. The number of carbonyl (C=O) groups excluding carboxylic acids is 1. The minimum atomic E-state index is -0.0308. The van der Waals surface area contributed by atoms with Crippen LogP contribution in [0.5, 0.6) is 11.5 Å². The number of fused-ring (bicyclic) bond motifs is 2. The number of anilines is 1. The Kier molecular flexibility index (Phi) is 6.48. The third kappa shape index (κ3) is 4.82. The number of carbonyl (C=O) groups is 1. The summed E-state index contributed by atoms with van der Waals surface area (Å²) in [6.07, 6.45) is 4.99. The lowest BCUT2D eigenvalue weighted by Gasteiger charge is -2.40. The minimum absolute atomic E-state index is 0.0308. The van der Waals surface area contributed by atoms with Crippen LogP contribution in [0.2, 0.25) is 0 Å². The molecule has 1 N–H and O–H groups in total. The second-order valence-electron chi connectivity index (χ2n) is 9.87. The van der Waals surface area contributed by atoms with E-state index < -0.39 is 0 Å². The number of hydrogen-bond acceptors (Lipinski definition) is 7. The second kappa shape index (κ2) is 10.0. The van der Waals surface area contributed by atoms with Crippen LogP contribution in [-0.4, -0.2) is 61.2 Å². The van der Waals surface area contributed by atoms with Crippen molar-refractivity contribution in [3.63, 3.8) is 0 Å². The lowest BCUT2D eigenvalue weighted by molar-refractivity contribution is 0.0919. The Morgan fingerprint density at radius 1 is 1.00 bits per heavy atom. The highest BCUT2D eigenvalue weighted by atomic mass is 32.1. The minimum Gasteiger partial charge on any atom is -0.454 e. The van der Waals surface area contributed by atoms with Gasteiger partial charge in [-0.05, 0) is 66.5 Å². The SMILES string of the molecule is O=C(NC[C@H]1CCCC[C@H]1CN1CCN(c2nsc3ccccc23)CC1)c1ccc2c(c1)OCO2. The molecule has 3 heterocycles. The van der Waals surface area contributed by atoms with E-state index in [2.05, 4.69) is 39.4 Å². The first-order valence-electron chi connectivity index (χ1n) is 12.7. The van der Waals surface area contributed by atoms with Gasteiger partial charge in [0, 0.05) is 50.2 Å². The van der Waals surface area contributed by atoms with E-state index in [0.717, 1.165) is 45.1 Å². The van der Waals surface area contributed by atoms with Gasteiger partial charge in [-0.2, -0.15) is 4.37 Å². The number of nitrogens with zero attached hydrogens (tertiary/aromatic N) is 3. The predicted octanol–water partition coefficient (Wildman–Crippen LogP) is 4.38. The number of ether oxygens (including phenoxy) is 2. The van der Waals surface area contributed by atoms with Crippen molar-refractivity contribution < 1.29 is 14.3 Å². The van der Waals surface area contributed by atoms with Crippen LogP contribution in [0.1, 0.15) is 36.0 Å². The monoisotopic (exact) mass is 492 g/mol. The molecular formula is C27H32N4O3S. The fraction of sp³-hybridized carbons (Fsp3) is 0.481. The van der Waals surface area contributed by atoms with E-state index in [1.54, 1.807) is 17.6 Å². The maximum atomic E-state index is 12.8. The largest absolute Gasteiger partial charge is 0.454 e. The van der Waals surface area contributed by atoms with Gasteiger partial charge in [-0.1, -0.05) is 25.0 Å². The predicted molar refractivity (Wildman–Crippen MR) is 139 cm³/mol. The van der Waals surface area contributed by atoms with Gasteiger partial charge in [0.15, 0.2) is 11.5 Å². The van der Waals surface area contributed by atoms with Crippen LogP contribution in [0, 0.1) is 11.8 Å². The van der Waals surface area contributed by atoms with Crippen molar-refractivity contribution >= 4 is 33.3 Å². The smallest absolute Gasteiger partial charge is 0.251 e. The molecule has 1 amide bonds. The van der Waals surface area contributed by atoms with Crippen LogP contribution in [0.15, 0.2) is 42.5 Å². The number of benzene rings is 2. The standard InChI is InChI=1S/C27H32N4O3S/c32-27(19-9-10-23-24(15-19)34-18-33-23)28-16-20-5-1-2-6-21(20)17-30-11-13-31(14-12-30)26-22-7-3-4-8-25(22)35-29-26/h3-4,7-10,15,20-21H,1-2,5-6,11-14,16-18H2,(H,28,32)/t20-,21+/m1/s1. The molecule has 3 aromatic rings. The molecule has 2 fully saturated rings. The van der Waals surface area contributed by atoms with E-state index in [0.29, 0.717) is 28.9 Å². The van der Waals surface area contributed by atoms with E-state index in [9.17, 15) is 4.79 Å². The maximum absolute atomic E-state index is 12.8. The quantitative estimate of drug-likeness (QED) is 0.551. The Hall–Kier alpha value is -2.84. The summed E-state index contributed by atoms with van der Waals surface area (Å²) in [5.41, 5.74) is 0.632. The van der Waals surface area contributed by atoms with Crippen molar-refractivity contribution in [2.24, 2.45) is 11.8 Å². The summed E-state index contributed by atoms with van der Waals surface area (Å²) < 4.78 is 16.8. The van der Waals surface area contributed by atoms with Crippen LogP contribution >= 0.6 is 11.5 Å². The van der Waals surface area contributed by atoms with Crippen LogP contribution in [0.3, 0.4) is 0 Å². The highest BCUT2D eigenvalue weighted by Crippen LogP contribution is 2.34. The first-order valence-corrected chi connectivity index (χ1v) is 13.5. The number of amides is 1. The average molecular weight is 493 g/mol. The molecule has 0 radical (unpaired) electrons. The molecular weight excluding hydrogens is 460 g/mol. The van der Waals surface area contributed by atoms with Crippen molar-refractivity contribution in [3.8, 4) is 11.5 Å². The van der Waals surface area contributed by atoms with E-state index in [1.165, 1.54) is 35.8 Å². The molecule has 0 spiro atoms. The summed E-state index contributed by atoms with van der Waals surface area (Å²) in [6, 6.07) is 13.9. The molecule has 6 rings (SSSR count). The van der Waals surface area contributed by atoms with Crippen LogP contribution < -0.4 is 19.7 Å². The van der Waals surface area contributed by atoms with Gasteiger partial charge >= 0.3 is 0 Å². The number of aromatic nitrogens is 1. The van der Waals surface area contributed by atoms with Gasteiger partial charge in [-0.15, -0.1) is 0 Å². The molecule has 0 bridgehead atoms. The Balaban J connectivity index is 1.02. The van der Waals surface area contributed by atoms with Crippen molar-refractivity contribution in [1.82, 2.24) is 14.6 Å². The third-order valence-electron chi connectivity index (χ3n) is 7.75. The number of nitrogens with one attached hydrogen (secondary N) is 1. The molecule has 3 aliphatic rings. The zero-order valence-corrected chi connectivity index (χ0v) is 20.8. The van der Waals surface area contributed by atoms with Gasteiger partial charge < -0.3 is 19.7 Å². The highest BCUT2D eigenvalue weighted by Gasteiger charge is 2.29. The molecule has 1 saturated carbocycles. The molecule has 1 aliphatic carbocycles. The average Bonchev–Trinajstić information content (AvgIpc) is 3.55. The third-order valence-corrected chi connectivity index (χ3v) is 8.57. The molecule has 7 nitrogen and oxygen atoms in total. The van der Waals surface area contributed by atoms with E-state index in [-0.39, 0.29) is 12.7 Å². The molecule has 35 heavy (non-hydrogen) atoms. The van der Waals surface area contributed by atoms with Crippen molar-refractivity contribution in [2.45, 2.75) is 25.7 Å². The summed E-state index contributed by atoms with van der Waals surface area (Å²) in [5, 5.41) is 4.48. The molecule has 1 saturated heterocycles. The number of piperazine rings is 1. The van der Waals surface area contributed by atoms with Crippen molar-refractivity contribution in [2.75, 3.05) is 51.0 Å². The van der Waals surface area contributed by atoms with Crippen LogP contribution in [0.4, 0.5) is 5.82 Å².